The van der Waals surface area contributed by atoms with E-state index in [1.807, 2.05) is 6.92 Å². The number of carbonyl (C=O) groups is 1. The van der Waals surface area contributed by atoms with Crippen molar-refractivity contribution in [2.75, 3.05) is 11.9 Å². The number of nitrogens with zero attached hydrogens (tertiary/aromatic N) is 1. The van der Waals surface area contributed by atoms with Crippen LogP contribution in [-0.4, -0.2) is 28.7 Å². The molecular weight excluding hydrogens is 274 g/mol. The third-order valence-electron chi connectivity index (χ3n) is 4.06. The minimum absolute atomic E-state index is 0.0226. The molecule has 0 bridgehead atoms. The van der Waals surface area contributed by atoms with Crippen molar-refractivity contribution in [3.05, 3.63) is 34.4 Å². The number of non-ortho nitro benzene ring substituents is 1. The molecule has 2 amide bonds. The molecule has 1 aromatic carbocycles. The third kappa shape index (κ3) is 3.49. The second-order valence-corrected chi connectivity index (χ2v) is 5.66. The largest absolute Gasteiger partial charge is 0.396 e. The van der Waals surface area contributed by atoms with Crippen molar-refractivity contribution in [1.29, 1.82) is 0 Å². The summed E-state index contributed by atoms with van der Waals surface area (Å²) in [6.07, 6.45) is 2.64. The number of amides is 2. The Labute approximate surface area is 122 Å². The van der Waals surface area contributed by atoms with Crippen LogP contribution in [0.1, 0.15) is 26.2 Å². The van der Waals surface area contributed by atoms with Gasteiger partial charge in [-0.05, 0) is 18.9 Å². The molecule has 21 heavy (non-hydrogen) atoms. The van der Waals surface area contributed by atoms with Crippen LogP contribution in [0.25, 0.3) is 0 Å². The molecule has 7 nitrogen and oxygen atoms in total. The number of nitro benzene ring substituents is 1. The zero-order chi connectivity index (χ0) is 15.5. The van der Waals surface area contributed by atoms with Crippen LogP contribution in [0, 0.1) is 15.5 Å². The van der Waals surface area contributed by atoms with Gasteiger partial charge in [0, 0.05) is 29.3 Å². The highest BCUT2D eigenvalue weighted by Gasteiger charge is 2.39. The van der Waals surface area contributed by atoms with Crippen molar-refractivity contribution in [2.45, 2.75) is 32.2 Å². The van der Waals surface area contributed by atoms with E-state index < -0.39 is 11.0 Å². The number of urea groups is 1. The van der Waals surface area contributed by atoms with Gasteiger partial charge in [0.25, 0.3) is 5.69 Å². The molecule has 1 aliphatic rings. The quantitative estimate of drug-likeness (QED) is 0.585. The van der Waals surface area contributed by atoms with E-state index in [-0.39, 0.29) is 23.8 Å². The summed E-state index contributed by atoms with van der Waals surface area (Å²) in [6, 6.07) is 5.26. The fourth-order valence-electron chi connectivity index (χ4n) is 2.69. The minimum Gasteiger partial charge on any atom is -0.396 e. The van der Waals surface area contributed by atoms with E-state index in [2.05, 4.69) is 10.6 Å². The van der Waals surface area contributed by atoms with Gasteiger partial charge in [0.15, 0.2) is 0 Å². The first-order valence-electron chi connectivity index (χ1n) is 6.87. The number of hydrogen-bond acceptors (Lipinski definition) is 4. The second kappa shape index (κ2) is 6.09. The summed E-state index contributed by atoms with van der Waals surface area (Å²) in [5.74, 6) is 0. The van der Waals surface area contributed by atoms with E-state index in [1.165, 1.54) is 18.2 Å². The van der Waals surface area contributed by atoms with Crippen LogP contribution < -0.4 is 10.6 Å². The molecule has 0 aromatic heterocycles. The first-order chi connectivity index (χ1) is 9.94. The number of aliphatic hydroxyl groups is 1. The lowest BCUT2D eigenvalue weighted by atomic mass is 9.86. The Morgan fingerprint density at radius 2 is 2.33 bits per heavy atom. The summed E-state index contributed by atoms with van der Waals surface area (Å²) in [4.78, 5) is 22.2. The van der Waals surface area contributed by atoms with Crippen LogP contribution in [-0.2, 0) is 0 Å². The molecule has 0 saturated heterocycles. The lowest BCUT2D eigenvalue weighted by Gasteiger charge is -2.30. The minimum atomic E-state index is -0.511. The van der Waals surface area contributed by atoms with Crippen LogP contribution >= 0.6 is 0 Å². The highest BCUT2D eigenvalue weighted by Crippen LogP contribution is 2.37. The van der Waals surface area contributed by atoms with E-state index >= 15 is 0 Å². The van der Waals surface area contributed by atoms with E-state index in [0.29, 0.717) is 5.69 Å². The fourth-order valence-corrected chi connectivity index (χ4v) is 2.69. The molecule has 1 fully saturated rings. The Morgan fingerprint density at radius 1 is 1.57 bits per heavy atom. The fraction of sp³-hybridized carbons (Fsp3) is 0.500. The Hall–Kier alpha value is -2.15. The molecule has 0 heterocycles. The van der Waals surface area contributed by atoms with Gasteiger partial charge in [-0.1, -0.05) is 19.4 Å². The van der Waals surface area contributed by atoms with Crippen molar-refractivity contribution in [1.82, 2.24) is 5.32 Å². The van der Waals surface area contributed by atoms with Crippen LogP contribution in [0.4, 0.5) is 16.2 Å². The van der Waals surface area contributed by atoms with Gasteiger partial charge < -0.3 is 15.7 Å². The third-order valence-corrected chi connectivity index (χ3v) is 4.06. The van der Waals surface area contributed by atoms with Crippen LogP contribution in [0.3, 0.4) is 0 Å². The maximum atomic E-state index is 12.0. The second-order valence-electron chi connectivity index (χ2n) is 5.66. The molecule has 114 valence electrons. The van der Waals surface area contributed by atoms with Crippen LogP contribution in [0.15, 0.2) is 24.3 Å². The molecule has 0 spiro atoms. The van der Waals surface area contributed by atoms with Gasteiger partial charge in [0.05, 0.1) is 11.5 Å². The number of carbonyl (C=O) groups excluding carboxylic acids is 1. The normalized spacial score (nSPS) is 24.6. The molecule has 3 N–H and O–H groups in total. The number of nitrogens with one attached hydrogen (secondary N) is 2. The molecule has 2 rings (SSSR count). The number of aliphatic hydroxyl groups excluding tert-OH is 1. The van der Waals surface area contributed by atoms with E-state index in [0.717, 1.165) is 19.3 Å². The van der Waals surface area contributed by atoms with Gasteiger partial charge in [-0.3, -0.25) is 10.1 Å². The van der Waals surface area contributed by atoms with Gasteiger partial charge in [0.1, 0.15) is 0 Å². The standard InChI is InChI=1S/C14H19N3O4/c1-14(9-18)7-3-6-12(14)16-13(19)15-10-4-2-5-11(8-10)17(20)21/h2,4-5,8,12,18H,3,6-7,9H2,1H3,(H2,15,16,19). The average Bonchev–Trinajstić information content (AvgIpc) is 2.81. The van der Waals surface area contributed by atoms with E-state index in [9.17, 15) is 20.0 Å². The molecule has 7 heteroatoms. The van der Waals surface area contributed by atoms with Crippen LogP contribution in [0.2, 0.25) is 0 Å². The highest BCUT2D eigenvalue weighted by atomic mass is 16.6. The van der Waals surface area contributed by atoms with Crippen LogP contribution in [0.5, 0.6) is 0 Å². The number of hydrogen-bond donors (Lipinski definition) is 3. The Morgan fingerprint density at radius 3 is 3.00 bits per heavy atom. The maximum absolute atomic E-state index is 12.0. The molecule has 2 atom stereocenters. The summed E-state index contributed by atoms with van der Waals surface area (Å²) in [7, 11) is 0. The van der Waals surface area contributed by atoms with Gasteiger partial charge in [-0.25, -0.2) is 4.79 Å². The Bertz CT molecular complexity index is 549. The molecule has 0 aliphatic heterocycles. The van der Waals surface area contributed by atoms with Crippen molar-refractivity contribution in [3.63, 3.8) is 0 Å². The molecule has 0 radical (unpaired) electrons. The highest BCUT2D eigenvalue weighted by molar-refractivity contribution is 5.89. The molecule has 1 saturated carbocycles. The predicted molar refractivity (Wildman–Crippen MR) is 78.1 cm³/mol. The summed E-state index contributed by atoms with van der Waals surface area (Å²) >= 11 is 0. The van der Waals surface area contributed by atoms with Crippen molar-refractivity contribution in [3.8, 4) is 0 Å². The van der Waals surface area contributed by atoms with Crippen molar-refractivity contribution >= 4 is 17.4 Å². The number of rotatable bonds is 4. The number of nitro groups is 1. The molecule has 2 unspecified atom stereocenters. The maximum Gasteiger partial charge on any atom is 0.319 e. The topological polar surface area (TPSA) is 104 Å². The SMILES string of the molecule is CC1(CO)CCCC1NC(=O)Nc1cccc([N+](=O)[O-])c1. The van der Waals surface area contributed by atoms with Gasteiger partial charge in [0.2, 0.25) is 0 Å². The van der Waals surface area contributed by atoms with Gasteiger partial charge in [-0.2, -0.15) is 0 Å². The van der Waals surface area contributed by atoms with Crippen molar-refractivity contribution < 1.29 is 14.8 Å². The summed E-state index contributed by atoms with van der Waals surface area (Å²) < 4.78 is 0. The summed E-state index contributed by atoms with van der Waals surface area (Å²) in [5, 5.41) is 25.6. The smallest absolute Gasteiger partial charge is 0.319 e. The zero-order valence-electron chi connectivity index (χ0n) is 11.8. The first-order valence-corrected chi connectivity index (χ1v) is 6.87. The average molecular weight is 293 g/mol. The molecule has 1 aromatic rings. The summed E-state index contributed by atoms with van der Waals surface area (Å²) in [5.41, 5.74) is -0.0145. The number of anilines is 1. The number of benzene rings is 1. The zero-order valence-corrected chi connectivity index (χ0v) is 11.8. The molecule has 1 aliphatic carbocycles. The van der Waals surface area contributed by atoms with E-state index in [4.69, 9.17) is 0 Å². The van der Waals surface area contributed by atoms with Gasteiger partial charge in [-0.15, -0.1) is 0 Å². The predicted octanol–water partition coefficient (Wildman–Crippen LogP) is 2.27. The molecular formula is C14H19N3O4. The van der Waals surface area contributed by atoms with Gasteiger partial charge >= 0.3 is 6.03 Å². The monoisotopic (exact) mass is 293 g/mol. The Kier molecular flexibility index (Phi) is 4.42. The lowest BCUT2D eigenvalue weighted by molar-refractivity contribution is -0.384. The first kappa shape index (κ1) is 15.2. The van der Waals surface area contributed by atoms with Crippen molar-refractivity contribution in [2.24, 2.45) is 5.41 Å². The summed E-state index contributed by atoms with van der Waals surface area (Å²) in [6.45, 7) is 1.97. The Balaban J connectivity index is 1.99. The van der Waals surface area contributed by atoms with E-state index in [1.54, 1.807) is 6.07 Å². The lowest BCUT2D eigenvalue weighted by Crippen LogP contribution is -2.46.